The molecule has 2 rings (SSSR count). The minimum atomic E-state index is 0.412. The molecule has 2 aliphatic rings. The molecule has 2 heteroatoms. The van der Waals surface area contributed by atoms with Crippen LogP contribution in [0.15, 0.2) is 0 Å². The number of rotatable bonds is 2. The smallest absolute Gasteiger partial charge is 0.0360 e. The van der Waals surface area contributed by atoms with Crippen molar-refractivity contribution < 1.29 is 0 Å². The van der Waals surface area contributed by atoms with Crippen LogP contribution >= 0.6 is 0 Å². The maximum atomic E-state index is 3.83. The van der Waals surface area contributed by atoms with Crippen molar-refractivity contribution in [2.45, 2.75) is 57.5 Å². The molecular weight excluding hydrogens is 184 g/mol. The lowest BCUT2D eigenvalue weighted by atomic mass is 9.75. The van der Waals surface area contributed by atoms with E-state index in [0.29, 0.717) is 5.54 Å². The van der Waals surface area contributed by atoms with E-state index in [4.69, 9.17) is 0 Å². The Labute approximate surface area is 94.4 Å². The first-order valence-corrected chi connectivity index (χ1v) is 6.62. The Kier molecular flexibility index (Phi) is 3.36. The summed E-state index contributed by atoms with van der Waals surface area (Å²) in [5.74, 6) is 0.755. The van der Waals surface area contributed by atoms with Crippen LogP contribution in [-0.2, 0) is 0 Å². The average Bonchev–Trinajstić information content (AvgIpc) is 2.68. The first-order chi connectivity index (χ1) is 7.17. The SMILES string of the molecule is CC(C)C1(C2CCCCN2C)CCCN1. The Balaban J connectivity index is 2.16. The maximum absolute atomic E-state index is 3.83. The molecule has 0 aromatic carbocycles. The predicted molar refractivity (Wildman–Crippen MR) is 65.1 cm³/mol. The molecule has 0 bridgehead atoms. The third-order valence-corrected chi connectivity index (χ3v) is 4.62. The number of nitrogens with zero attached hydrogens (tertiary/aromatic N) is 1. The summed E-state index contributed by atoms with van der Waals surface area (Å²) in [5, 5.41) is 3.83. The highest BCUT2D eigenvalue weighted by Gasteiger charge is 2.45. The zero-order valence-electron chi connectivity index (χ0n) is 10.6. The summed E-state index contributed by atoms with van der Waals surface area (Å²) < 4.78 is 0. The number of hydrogen-bond donors (Lipinski definition) is 1. The van der Waals surface area contributed by atoms with Crippen LogP contribution in [0.3, 0.4) is 0 Å². The lowest BCUT2D eigenvalue weighted by Gasteiger charge is -2.48. The highest BCUT2D eigenvalue weighted by atomic mass is 15.2. The molecule has 15 heavy (non-hydrogen) atoms. The van der Waals surface area contributed by atoms with Crippen molar-refractivity contribution in [1.29, 1.82) is 0 Å². The van der Waals surface area contributed by atoms with E-state index in [1.165, 1.54) is 45.2 Å². The van der Waals surface area contributed by atoms with E-state index in [1.807, 2.05) is 0 Å². The van der Waals surface area contributed by atoms with Gasteiger partial charge in [-0.25, -0.2) is 0 Å². The topological polar surface area (TPSA) is 15.3 Å². The van der Waals surface area contributed by atoms with Gasteiger partial charge in [-0.05, 0) is 51.7 Å². The fraction of sp³-hybridized carbons (Fsp3) is 1.00. The molecule has 0 aromatic heterocycles. The Morgan fingerprint density at radius 2 is 2.07 bits per heavy atom. The van der Waals surface area contributed by atoms with Gasteiger partial charge in [-0.15, -0.1) is 0 Å². The highest BCUT2D eigenvalue weighted by Crippen LogP contribution is 2.37. The van der Waals surface area contributed by atoms with Gasteiger partial charge in [-0.3, -0.25) is 0 Å². The van der Waals surface area contributed by atoms with Gasteiger partial charge in [0, 0.05) is 11.6 Å². The first-order valence-electron chi connectivity index (χ1n) is 6.62. The monoisotopic (exact) mass is 210 g/mol. The van der Waals surface area contributed by atoms with Crippen LogP contribution in [0.5, 0.6) is 0 Å². The zero-order valence-corrected chi connectivity index (χ0v) is 10.6. The summed E-state index contributed by atoms with van der Waals surface area (Å²) in [4.78, 5) is 2.60. The van der Waals surface area contributed by atoms with Crippen LogP contribution in [0.2, 0.25) is 0 Å². The molecule has 0 radical (unpaired) electrons. The van der Waals surface area contributed by atoms with Crippen molar-refractivity contribution in [3.05, 3.63) is 0 Å². The fourth-order valence-electron chi connectivity index (χ4n) is 3.68. The van der Waals surface area contributed by atoms with Gasteiger partial charge in [0.15, 0.2) is 0 Å². The fourth-order valence-corrected chi connectivity index (χ4v) is 3.68. The summed E-state index contributed by atoms with van der Waals surface area (Å²) >= 11 is 0. The molecule has 0 spiro atoms. The predicted octanol–water partition coefficient (Wildman–Crippen LogP) is 2.25. The van der Waals surface area contributed by atoms with Gasteiger partial charge in [-0.2, -0.15) is 0 Å². The van der Waals surface area contributed by atoms with E-state index in [9.17, 15) is 0 Å². The largest absolute Gasteiger partial charge is 0.310 e. The lowest BCUT2D eigenvalue weighted by molar-refractivity contribution is 0.0646. The molecule has 2 saturated heterocycles. The zero-order chi connectivity index (χ0) is 10.9. The van der Waals surface area contributed by atoms with Crippen LogP contribution in [0.1, 0.15) is 46.0 Å². The molecule has 2 unspecified atom stereocenters. The van der Waals surface area contributed by atoms with Gasteiger partial charge in [0.1, 0.15) is 0 Å². The molecule has 2 atom stereocenters. The minimum absolute atomic E-state index is 0.412. The quantitative estimate of drug-likeness (QED) is 0.752. The highest BCUT2D eigenvalue weighted by molar-refractivity contribution is 5.05. The van der Waals surface area contributed by atoms with Crippen LogP contribution in [0.25, 0.3) is 0 Å². The van der Waals surface area contributed by atoms with Crippen LogP contribution in [-0.4, -0.2) is 36.6 Å². The van der Waals surface area contributed by atoms with Crippen molar-refractivity contribution in [3.8, 4) is 0 Å². The van der Waals surface area contributed by atoms with E-state index in [-0.39, 0.29) is 0 Å². The van der Waals surface area contributed by atoms with Crippen molar-refractivity contribution in [1.82, 2.24) is 10.2 Å². The molecule has 0 saturated carbocycles. The Bertz CT molecular complexity index is 207. The van der Waals surface area contributed by atoms with Crippen molar-refractivity contribution >= 4 is 0 Å². The van der Waals surface area contributed by atoms with E-state index in [2.05, 4.69) is 31.1 Å². The van der Waals surface area contributed by atoms with Crippen molar-refractivity contribution in [2.75, 3.05) is 20.1 Å². The lowest BCUT2D eigenvalue weighted by Crippen LogP contribution is -2.61. The number of nitrogens with one attached hydrogen (secondary N) is 1. The molecule has 2 aliphatic heterocycles. The Morgan fingerprint density at radius 3 is 2.60 bits per heavy atom. The molecular formula is C13H26N2. The summed E-state index contributed by atoms with van der Waals surface area (Å²) in [5.41, 5.74) is 0.412. The van der Waals surface area contributed by atoms with Gasteiger partial charge < -0.3 is 10.2 Å². The van der Waals surface area contributed by atoms with Crippen LogP contribution in [0, 0.1) is 5.92 Å². The molecule has 2 nitrogen and oxygen atoms in total. The average molecular weight is 210 g/mol. The Morgan fingerprint density at radius 1 is 1.27 bits per heavy atom. The van der Waals surface area contributed by atoms with Gasteiger partial charge in [0.2, 0.25) is 0 Å². The van der Waals surface area contributed by atoms with Gasteiger partial charge in [0.25, 0.3) is 0 Å². The third kappa shape index (κ3) is 1.94. The second kappa shape index (κ2) is 4.42. The summed E-state index contributed by atoms with van der Waals surface area (Å²) in [6, 6.07) is 0.772. The van der Waals surface area contributed by atoms with Gasteiger partial charge >= 0.3 is 0 Å². The molecule has 88 valence electrons. The van der Waals surface area contributed by atoms with Crippen LogP contribution in [0.4, 0.5) is 0 Å². The van der Waals surface area contributed by atoms with Crippen LogP contribution < -0.4 is 5.32 Å². The van der Waals surface area contributed by atoms with Crippen molar-refractivity contribution in [3.63, 3.8) is 0 Å². The van der Waals surface area contributed by atoms with E-state index in [0.717, 1.165) is 12.0 Å². The molecule has 0 aromatic rings. The first kappa shape index (κ1) is 11.4. The maximum Gasteiger partial charge on any atom is 0.0360 e. The number of likely N-dealkylation sites (tertiary alicyclic amines) is 1. The van der Waals surface area contributed by atoms with E-state index < -0.39 is 0 Å². The molecule has 1 N–H and O–H groups in total. The standard InChI is InChI=1S/C13H26N2/c1-11(2)13(8-6-9-14-13)12-7-4-5-10-15(12)3/h11-12,14H,4-10H2,1-3H3. The van der Waals surface area contributed by atoms with Gasteiger partial charge in [0.05, 0.1) is 0 Å². The van der Waals surface area contributed by atoms with E-state index >= 15 is 0 Å². The molecule has 2 heterocycles. The second-order valence-electron chi connectivity index (χ2n) is 5.72. The molecule has 2 fully saturated rings. The Hall–Kier alpha value is -0.0800. The molecule has 0 aliphatic carbocycles. The minimum Gasteiger partial charge on any atom is -0.310 e. The summed E-state index contributed by atoms with van der Waals surface area (Å²) in [7, 11) is 2.31. The van der Waals surface area contributed by atoms with Crippen molar-refractivity contribution in [2.24, 2.45) is 5.92 Å². The van der Waals surface area contributed by atoms with E-state index in [1.54, 1.807) is 0 Å². The number of likely N-dealkylation sites (N-methyl/N-ethyl adjacent to an activating group) is 1. The van der Waals surface area contributed by atoms with Gasteiger partial charge in [-0.1, -0.05) is 20.3 Å². The second-order valence-corrected chi connectivity index (χ2v) is 5.72. The third-order valence-electron chi connectivity index (χ3n) is 4.62. The normalized spacial score (nSPS) is 38.8. The number of piperidine rings is 1. The summed E-state index contributed by atoms with van der Waals surface area (Å²) in [6.45, 7) is 7.30. The number of hydrogen-bond acceptors (Lipinski definition) is 2. The molecule has 0 amide bonds. The summed E-state index contributed by atoms with van der Waals surface area (Å²) in [6.07, 6.45) is 6.94.